The van der Waals surface area contributed by atoms with E-state index in [0.717, 1.165) is 41.3 Å². The van der Waals surface area contributed by atoms with Gasteiger partial charge < -0.3 is 5.32 Å². The third kappa shape index (κ3) is 5.67. The molecule has 0 saturated carbocycles. The van der Waals surface area contributed by atoms with Crippen molar-refractivity contribution in [3.05, 3.63) is 59.7 Å². The summed E-state index contributed by atoms with van der Waals surface area (Å²) in [6, 6.07) is 10.9. The number of sulfonamides is 1. The lowest BCUT2D eigenvalue weighted by Gasteiger charge is -2.35. The normalized spacial score (nSPS) is 18.0. The largest absolute Gasteiger partial charge is 0.416 e. The maximum Gasteiger partial charge on any atom is 0.416 e. The Balaban J connectivity index is 1.71. The van der Waals surface area contributed by atoms with Crippen molar-refractivity contribution in [3.63, 3.8) is 0 Å². The zero-order valence-corrected chi connectivity index (χ0v) is 18.7. The Hall–Kier alpha value is -2.43. The number of likely N-dealkylation sites (tertiary alicyclic amines) is 1. The highest BCUT2D eigenvalue weighted by Crippen LogP contribution is 2.34. The standard InChI is InChI=1S/C22H26F3N3O3S/c1-27(2)32(30,31)19-7-5-6-18(14-19)26-21(29)15-28-13-4-3-8-20(28)16-9-11-17(12-10-16)22(23,24)25/h5-7,9-12,14,20H,3-4,8,13,15H2,1-2H3,(H,26,29). The summed E-state index contributed by atoms with van der Waals surface area (Å²) in [5, 5.41) is 2.73. The molecule has 1 saturated heterocycles. The molecule has 1 amide bonds. The molecule has 0 aliphatic carbocycles. The van der Waals surface area contributed by atoms with Crippen molar-refractivity contribution in [1.82, 2.24) is 9.21 Å². The van der Waals surface area contributed by atoms with Crippen molar-refractivity contribution < 1.29 is 26.4 Å². The van der Waals surface area contributed by atoms with Crippen molar-refractivity contribution in [2.75, 3.05) is 32.5 Å². The number of carbonyl (C=O) groups excluding carboxylic acids is 1. The Bertz CT molecular complexity index is 1050. The van der Waals surface area contributed by atoms with Gasteiger partial charge in [0.25, 0.3) is 0 Å². The Morgan fingerprint density at radius 3 is 2.44 bits per heavy atom. The van der Waals surface area contributed by atoms with E-state index in [1.807, 2.05) is 4.90 Å². The number of hydrogen-bond donors (Lipinski definition) is 1. The zero-order valence-electron chi connectivity index (χ0n) is 17.9. The number of carbonyl (C=O) groups is 1. The van der Waals surface area contributed by atoms with Gasteiger partial charge in [-0.05, 0) is 55.3 Å². The van der Waals surface area contributed by atoms with Crippen LogP contribution in [0.5, 0.6) is 0 Å². The fraction of sp³-hybridized carbons (Fsp3) is 0.409. The molecule has 0 bridgehead atoms. The van der Waals surface area contributed by atoms with E-state index in [1.54, 1.807) is 12.1 Å². The molecule has 1 heterocycles. The summed E-state index contributed by atoms with van der Waals surface area (Å²) >= 11 is 0. The van der Waals surface area contributed by atoms with Gasteiger partial charge in [0.2, 0.25) is 15.9 Å². The maximum atomic E-state index is 12.9. The van der Waals surface area contributed by atoms with E-state index in [-0.39, 0.29) is 23.4 Å². The van der Waals surface area contributed by atoms with Gasteiger partial charge in [-0.25, -0.2) is 12.7 Å². The predicted molar refractivity (Wildman–Crippen MR) is 116 cm³/mol. The average Bonchev–Trinajstić information content (AvgIpc) is 2.73. The number of piperidine rings is 1. The number of anilines is 1. The van der Waals surface area contributed by atoms with Gasteiger partial charge in [-0.1, -0.05) is 24.6 Å². The fourth-order valence-corrected chi connectivity index (χ4v) is 4.73. The number of amides is 1. The minimum Gasteiger partial charge on any atom is -0.325 e. The number of rotatable bonds is 6. The first-order valence-electron chi connectivity index (χ1n) is 10.2. The molecule has 1 N–H and O–H groups in total. The van der Waals surface area contributed by atoms with Gasteiger partial charge in [-0.3, -0.25) is 9.69 Å². The summed E-state index contributed by atoms with van der Waals surface area (Å²) in [6.07, 6.45) is -1.83. The number of nitrogens with zero attached hydrogens (tertiary/aromatic N) is 2. The highest BCUT2D eigenvalue weighted by Gasteiger charge is 2.31. The first-order chi connectivity index (χ1) is 15.0. The second kappa shape index (κ2) is 9.60. The summed E-state index contributed by atoms with van der Waals surface area (Å²) in [6.45, 7) is 0.699. The van der Waals surface area contributed by atoms with Crippen LogP contribution in [-0.2, 0) is 21.0 Å². The highest BCUT2D eigenvalue weighted by atomic mass is 32.2. The minimum absolute atomic E-state index is 0.0519. The Morgan fingerprint density at radius 2 is 1.81 bits per heavy atom. The number of halogens is 3. The van der Waals surface area contributed by atoms with Crippen LogP contribution in [0.25, 0.3) is 0 Å². The van der Waals surface area contributed by atoms with Crippen LogP contribution < -0.4 is 5.32 Å². The molecular weight excluding hydrogens is 443 g/mol. The molecule has 1 aliphatic heterocycles. The Kier molecular flexibility index (Phi) is 7.26. The van der Waals surface area contributed by atoms with Crippen LogP contribution >= 0.6 is 0 Å². The van der Waals surface area contributed by atoms with E-state index in [2.05, 4.69) is 5.32 Å². The predicted octanol–water partition coefficient (Wildman–Crippen LogP) is 4.12. The van der Waals surface area contributed by atoms with Crippen LogP contribution in [0.3, 0.4) is 0 Å². The van der Waals surface area contributed by atoms with E-state index < -0.39 is 21.8 Å². The van der Waals surface area contributed by atoms with Gasteiger partial charge in [-0.15, -0.1) is 0 Å². The fourth-order valence-electron chi connectivity index (χ4n) is 3.78. The molecular formula is C22H26F3N3O3S. The van der Waals surface area contributed by atoms with Crippen LogP contribution in [-0.4, -0.2) is 50.7 Å². The SMILES string of the molecule is CN(C)S(=O)(=O)c1cccc(NC(=O)CN2CCCCC2c2ccc(C(F)(F)F)cc2)c1. The first kappa shape index (κ1) is 24.2. The molecule has 10 heteroatoms. The van der Waals surface area contributed by atoms with E-state index in [1.165, 1.54) is 38.4 Å². The average molecular weight is 470 g/mol. The van der Waals surface area contributed by atoms with E-state index in [9.17, 15) is 26.4 Å². The van der Waals surface area contributed by atoms with Crippen LogP contribution in [0, 0.1) is 0 Å². The Labute approximate surface area is 186 Å². The molecule has 32 heavy (non-hydrogen) atoms. The summed E-state index contributed by atoms with van der Waals surface area (Å²) in [4.78, 5) is 14.7. The third-order valence-corrected chi connectivity index (χ3v) is 7.29. The topological polar surface area (TPSA) is 69.7 Å². The molecule has 2 aromatic carbocycles. The number of benzene rings is 2. The molecule has 0 aromatic heterocycles. The molecule has 174 valence electrons. The molecule has 3 rings (SSSR count). The van der Waals surface area contributed by atoms with Gasteiger partial charge in [-0.2, -0.15) is 13.2 Å². The van der Waals surface area contributed by atoms with Crippen LogP contribution in [0.1, 0.15) is 36.4 Å². The molecule has 2 aromatic rings. The molecule has 0 radical (unpaired) electrons. The summed E-state index contributed by atoms with van der Waals surface area (Å²) in [7, 11) is -0.772. The third-order valence-electron chi connectivity index (χ3n) is 5.48. The van der Waals surface area contributed by atoms with Gasteiger partial charge in [0.1, 0.15) is 0 Å². The molecule has 1 unspecified atom stereocenters. The van der Waals surface area contributed by atoms with E-state index in [0.29, 0.717) is 12.2 Å². The first-order valence-corrected chi connectivity index (χ1v) is 11.7. The second-order valence-corrected chi connectivity index (χ2v) is 10.1. The number of alkyl halides is 3. The maximum absolute atomic E-state index is 12.9. The van der Waals surface area contributed by atoms with Gasteiger partial charge >= 0.3 is 6.18 Å². The van der Waals surface area contributed by atoms with Crippen LogP contribution in [0.15, 0.2) is 53.4 Å². The molecule has 1 aliphatic rings. The second-order valence-electron chi connectivity index (χ2n) is 7.97. The van der Waals surface area contributed by atoms with Gasteiger partial charge in [0.05, 0.1) is 17.0 Å². The van der Waals surface area contributed by atoms with Crippen molar-refractivity contribution in [1.29, 1.82) is 0 Å². The van der Waals surface area contributed by atoms with Gasteiger partial charge in [0.15, 0.2) is 0 Å². The van der Waals surface area contributed by atoms with Gasteiger partial charge in [0, 0.05) is 25.8 Å². The molecule has 1 atom stereocenters. The van der Waals surface area contributed by atoms with Crippen molar-refractivity contribution in [3.8, 4) is 0 Å². The van der Waals surface area contributed by atoms with Crippen molar-refractivity contribution >= 4 is 21.6 Å². The lowest BCUT2D eigenvalue weighted by atomic mass is 9.94. The highest BCUT2D eigenvalue weighted by molar-refractivity contribution is 7.89. The zero-order chi connectivity index (χ0) is 23.5. The van der Waals surface area contributed by atoms with Crippen molar-refractivity contribution in [2.24, 2.45) is 0 Å². The number of hydrogen-bond acceptors (Lipinski definition) is 4. The van der Waals surface area contributed by atoms with Crippen molar-refractivity contribution in [2.45, 2.75) is 36.4 Å². The van der Waals surface area contributed by atoms with E-state index in [4.69, 9.17) is 0 Å². The lowest BCUT2D eigenvalue weighted by Crippen LogP contribution is -2.39. The van der Waals surface area contributed by atoms with E-state index >= 15 is 0 Å². The minimum atomic E-state index is -4.39. The summed E-state index contributed by atoms with van der Waals surface area (Å²) in [5.74, 6) is -0.316. The Morgan fingerprint density at radius 1 is 1.12 bits per heavy atom. The summed E-state index contributed by atoms with van der Waals surface area (Å²) < 4.78 is 64.3. The number of nitrogens with one attached hydrogen (secondary N) is 1. The summed E-state index contributed by atoms with van der Waals surface area (Å²) in [5.41, 5.74) is 0.402. The van der Waals surface area contributed by atoms with Crippen LogP contribution in [0.4, 0.5) is 18.9 Å². The molecule has 0 spiro atoms. The monoisotopic (exact) mass is 469 g/mol. The lowest BCUT2D eigenvalue weighted by molar-refractivity contribution is -0.137. The smallest absolute Gasteiger partial charge is 0.325 e. The molecule has 6 nitrogen and oxygen atoms in total. The quantitative estimate of drug-likeness (QED) is 0.691. The molecule has 1 fully saturated rings. The van der Waals surface area contributed by atoms with Crippen LogP contribution in [0.2, 0.25) is 0 Å².